The summed E-state index contributed by atoms with van der Waals surface area (Å²) >= 11 is 1.36. The van der Waals surface area contributed by atoms with Crippen molar-refractivity contribution in [2.75, 3.05) is 12.8 Å². The highest BCUT2D eigenvalue weighted by molar-refractivity contribution is 8.03. The predicted molar refractivity (Wildman–Crippen MR) is 69.7 cm³/mol. The van der Waals surface area contributed by atoms with E-state index in [2.05, 4.69) is 5.32 Å². The minimum absolute atomic E-state index is 0.0699. The Morgan fingerprint density at radius 1 is 1.60 bits per heavy atom. The molecule has 2 N–H and O–H groups in total. The maximum Gasteiger partial charge on any atom is 0.427 e. The molecular weight excluding hydrogens is 293 g/mol. The lowest BCUT2D eigenvalue weighted by molar-refractivity contribution is -0.177. The highest BCUT2D eigenvalue weighted by Crippen LogP contribution is 2.41. The first-order chi connectivity index (χ1) is 9.25. The molecule has 1 aliphatic heterocycles. The Hall–Kier alpha value is -1.31. The highest BCUT2D eigenvalue weighted by atomic mass is 32.2. The summed E-state index contributed by atoms with van der Waals surface area (Å²) in [6.07, 6.45) is -4.56. The second-order valence-corrected chi connectivity index (χ2v) is 5.98. The molecule has 1 aliphatic carbocycles. The van der Waals surface area contributed by atoms with Gasteiger partial charge in [0, 0.05) is 24.1 Å². The number of allylic oxidation sites excluding steroid dienone is 2. The minimum Gasteiger partial charge on any atom is -0.481 e. The Kier molecular flexibility index (Phi) is 3.95. The van der Waals surface area contributed by atoms with Crippen LogP contribution in [0.5, 0.6) is 0 Å². The maximum absolute atomic E-state index is 12.9. The van der Waals surface area contributed by atoms with Crippen LogP contribution in [0.4, 0.5) is 13.2 Å². The molecule has 0 saturated carbocycles. The molecular formula is C12H15F3N2O2S. The lowest BCUT2D eigenvalue weighted by Crippen LogP contribution is -2.47. The number of aliphatic carboxylic acids is 1. The van der Waals surface area contributed by atoms with Crippen LogP contribution in [-0.4, -0.2) is 41.1 Å². The number of hydrogen-bond acceptors (Lipinski definition) is 4. The summed E-state index contributed by atoms with van der Waals surface area (Å²) in [5, 5.41) is 11.6. The zero-order chi connectivity index (χ0) is 15.1. The number of hydrogen-bond donors (Lipinski definition) is 2. The van der Waals surface area contributed by atoms with Crippen LogP contribution in [0.25, 0.3) is 0 Å². The van der Waals surface area contributed by atoms with Crippen molar-refractivity contribution in [3.8, 4) is 0 Å². The van der Waals surface area contributed by atoms with E-state index in [-0.39, 0.29) is 6.42 Å². The zero-order valence-electron chi connectivity index (χ0n) is 11.0. The summed E-state index contributed by atoms with van der Waals surface area (Å²) in [6, 6.07) is 0. The smallest absolute Gasteiger partial charge is 0.427 e. The van der Waals surface area contributed by atoms with Gasteiger partial charge in [-0.15, -0.1) is 11.8 Å². The van der Waals surface area contributed by atoms with Crippen molar-refractivity contribution >= 4 is 17.7 Å². The molecule has 2 atom stereocenters. The van der Waals surface area contributed by atoms with Gasteiger partial charge < -0.3 is 15.3 Å². The molecule has 0 aromatic heterocycles. The van der Waals surface area contributed by atoms with Gasteiger partial charge in [0.1, 0.15) is 0 Å². The van der Waals surface area contributed by atoms with Crippen LogP contribution in [0.2, 0.25) is 0 Å². The fourth-order valence-corrected chi connectivity index (χ4v) is 3.31. The fourth-order valence-electron chi connectivity index (χ4n) is 2.40. The molecule has 0 saturated heterocycles. The molecule has 8 heteroatoms. The molecule has 4 nitrogen and oxygen atoms in total. The summed E-state index contributed by atoms with van der Waals surface area (Å²) in [5.74, 6) is -1.10. The number of halogens is 3. The third-order valence-corrected chi connectivity index (χ3v) is 4.36. The third-order valence-electron chi connectivity index (χ3n) is 3.34. The first kappa shape index (κ1) is 15.1. The van der Waals surface area contributed by atoms with Crippen molar-refractivity contribution in [3.05, 3.63) is 22.4 Å². The van der Waals surface area contributed by atoms with Crippen molar-refractivity contribution in [1.82, 2.24) is 10.2 Å². The Morgan fingerprint density at radius 2 is 2.25 bits per heavy atom. The van der Waals surface area contributed by atoms with Gasteiger partial charge in [-0.3, -0.25) is 4.79 Å². The van der Waals surface area contributed by atoms with Gasteiger partial charge in [0.2, 0.25) is 0 Å². The molecule has 20 heavy (non-hydrogen) atoms. The van der Waals surface area contributed by atoms with Crippen LogP contribution in [0, 0.1) is 5.92 Å². The van der Waals surface area contributed by atoms with Crippen molar-refractivity contribution < 1.29 is 23.1 Å². The van der Waals surface area contributed by atoms with Crippen molar-refractivity contribution in [1.29, 1.82) is 0 Å². The average Bonchev–Trinajstić information content (AvgIpc) is 2.66. The highest BCUT2D eigenvalue weighted by Gasteiger charge is 2.48. The SMILES string of the molecule is CCSC1=CC2=C(CC1C(=O)O)NC(C(F)(F)F)N2C. The largest absolute Gasteiger partial charge is 0.481 e. The van der Waals surface area contributed by atoms with Crippen molar-refractivity contribution in [3.63, 3.8) is 0 Å². The first-order valence-corrected chi connectivity index (χ1v) is 7.10. The Balaban J connectivity index is 2.30. The van der Waals surface area contributed by atoms with Gasteiger partial charge in [0.25, 0.3) is 0 Å². The molecule has 0 bridgehead atoms. The summed E-state index contributed by atoms with van der Waals surface area (Å²) in [6.45, 7) is 1.88. The molecule has 112 valence electrons. The topological polar surface area (TPSA) is 52.6 Å². The lowest BCUT2D eigenvalue weighted by atomic mass is 9.96. The van der Waals surface area contributed by atoms with Crippen LogP contribution in [0.1, 0.15) is 13.3 Å². The molecule has 0 aromatic rings. The normalized spacial score (nSPS) is 26.2. The number of carboxylic acids is 1. The number of thioether (sulfide) groups is 1. The molecule has 0 aromatic carbocycles. The van der Waals surface area contributed by atoms with Crippen LogP contribution in [0.15, 0.2) is 22.4 Å². The van der Waals surface area contributed by atoms with Gasteiger partial charge in [0.05, 0.1) is 11.6 Å². The molecule has 0 radical (unpaired) electrons. The van der Waals surface area contributed by atoms with E-state index >= 15 is 0 Å². The van der Waals surface area contributed by atoms with Gasteiger partial charge in [0.15, 0.2) is 6.17 Å². The molecule has 0 fully saturated rings. The monoisotopic (exact) mass is 308 g/mol. The number of rotatable bonds is 3. The van der Waals surface area contributed by atoms with Crippen LogP contribution < -0.4 is 5.32 Å². The minimum atomic E-state index is -4.41. The number of carbonyl (C=O) groups is 1. The van der Waals surface area contributed by atoms with Gasteiger partial charge in [-0.2, -0.15) is 13.2 Å². The summed E-state index contributed by atoms with van der Waals surface area (Å²) in [4.78, 5) is 13.0. The Labute approximate surface area is 118 Å². The van der Waals surface area contributed by atoms with Crippen LogP contribution in [-0.2, 0) is 4.79 Å². The Bertz CT molecular complexity index is 488. The summed E-state index contributed by atoms with van der Waals surface area (Å²) < 4.78 is 38.6. The standard InChI is InChI=1S/C12H15F3N2O2S/c1-3-20-9-5-8-7(4-6(9)10(18)19)16-11(17(8)2)12(13,14)15/h5-6,11,16H,3-4H2,1-2H3,(H,18,19). The summed E-state index contributed by atoms with van der Waals surface area (Å²) in [7, 11) is 1.36. The van der Waals surface area contributed by atoms with Gasteiger partial charge in [-0.25, -0.2) is 0 Å². The zero-order valence-corrected chi connectivity index (χ0v) is 11.8. The molecule has 2 rings (SSSR count). The summed E-state index contributed by atoms with van der Waals surface area (Å²) in [5.41, 5.74) is 0.781. The number of nitrogens with one attached hydrogen (secondary N) is 1. The van der Waals surface area contributed by atoms with Gasteiger partial charge in [-0.05, 0) is 11.8 Å². The van der Waals surface area contributed by atoms with E-state index in [1.807, 2.05) is 6.92 Å². The quantitative estimate of drug-likeness (QED) is 0.838. The van der Waals surface area contributed by atoms with E-state index < -0.39 is 24.2 Å². The maximum atomic E-state index is 12.9. The number of nitrogens with zero attached hydrogens (tertiary/aromatic N) is 1. The van der Waals surface area contributed by atoms with E-state index in [4.69, 9.17) is 0 Å². The Morgan fingerprint density at radius 3 is 2.75 bits per heavy atom. The van der Waals surface area contributed by atoms with Crippen LogP contribution >= 0.6 is 11.8 Å². The molecule has 2 unspecified atom stereocenters. The molecule has 0 spiro atoms. The molecule has 2 aliphatic rings. The number of alkyl halides is 3. The third kappa shape index (κ3) is 2.61. The predicted octanol–water partition coefficient (Wildman–Crippen LogP) is 2.36. The number of carboxylic acid groups (broad SMARTS) is 1. The van der Waals surface area contributed by atoms with Crippen molar-refractivity contribution in [2.24, 2.45) is 5.92 Å². The van der Waals surface area contributed by atoms with E-state index in [1.165, 1.54) is 18.8 Å². The first-order valence-electron chi connectivity index (χ1n) is 6.12. The van der Waals surface area contributed by atoms with Gasteiger partial charge >= 0.3 is 12.1 Å². The second kappa shape index (κ2) is 5.23. The van der Waals surface area contributed by atoms with Gasteiger partial charge in [-0.1, -0.05) is 6.92 Å². The van der Waals surface area contributed by atoms with Crippen molar-refractivity contribution in [2.45, 2.75) is 25.7 Å². The lowest BCUT2D eigenvalue weighted by Gasteiger charge is -2.26. The fraction of sp³-hybridized carbons (Fsp3) is 0.583. The van der Waals surface area contributed by atoms with E-state index in [0.29, 0.717) is 22.1 Å². The van der Waals surface area contributed by atoms with E-state index in [1.54, 1.807) is 6.08 Å². The second-order valence-electron chi connectivity index (χ2n) is 4.64. The average molecular weight is 308 g/mol. The van der Waals surface area contributed by atoms with Crippen LogP contribution in [0.3, 0.4) is 0 Å². The molecule has 0 amide bonds. The van der Waals surface area contributed by atoms with E-state index in [0.717, 1.165) is 4.90 Å². The number of likely N-dealkylation sites (N-methyl/N-ethyl adjacent to an activating group) is 1. The molecule has 1 heterocycles. The van der Waals surface area contributed by atoms with E-state index in [9.17, 15) is 23.1 Å².